The molecule has 1 amide bonds. The number of rotatable bonds is 15. The Hall–Kier alpha value is -0.980. The second kappa shape index (κ2) is 14.6. The highest BCUT2D eigenvalue weighted by atomic mass is 16.2. The van der Waals surface area contributed by atoms with Crippen molar-refractivity contribution in [3.05, 3.63) is 0 Å². The minimum Gasteiger partial charge on any atom is -0.345 e. The molecule has 6 heteroatoms. The van der Waals surface area contributed by atoms with Gasteiger partial charge in [0.2, 0.25) is 5.91 Å². The van der Waals surface area contributed by atoms with Gasteiger partial charge in [-0.2, -0.15) is 0 Å². The number of nitrogens with one attached hydrogen (secondary N) is 4. The van der Waals surface area contributed by atoms with Gasteiger partial charge in [0.25, 0.3) is 0 Å². The van der Waals surface area contributed by atoms with Gasteiger partial charge in [0.05, 0.1) is 12.1 Å². The summed E-state index contributed by atoms with van der Waals surface area (Å²) in [7, 11) is 3.71. The number of Topliss-reactive ketones (excluding diaryl/α,β-unsaturated/α-hetero) is 1. The Morgan fingerprint density at radius 1 is 0.913 bits per heavy atom. The van der Waals surface area contributed by atoms with Crippen LogP contribution in [0.4, 0.5) is 0 Å². The van der Waals surface area contributed by atoms with Crippen LogP contribution in [0, 0.1) is 0 Å². The van der Waals surface area contributed by atoms with E-state index in [0.29, 0.717) is 6.42 Å². The lowest BCUT2D eigenvalue weighted by atomic mass is 10.0. The molecule has 0 aromatic heterocycles. The molecule has 0 aliphatic heterocycles. The molecule has 0 saturated heterocycles. The van der Waals surface area contributed by atoms with Crippen molar-refractivity contribution in [2.45, 2.75) is 64.5 Å². The number of carbonyl (C=O) groups is 2. The van der Waals surface area contributed by atoms with Crippen molar-refractivity contribution < 1.29 is 9.59 Å². The average Bonchev–Trinajstić information content (AvgIpc) is 2.53. The predicted octanol–water partition coefficient (Wildman–Crippen LogP) is 0.818. The van der Waals surface area contributed by atoms with Crippen molar-refractivity contribution in [2.24, 2.45) is 0 Å². The molecule has 0 fully saturated rings. The Bertz CT molecular complexity index is 324. The Labute approximate surface area is 141 Å². The van der Waals surface area contributed by atoms with Crippen LogP contribution in [0.2, 0.25) is 0 Å². The Kier molecular flexibility index (Phi) is 14.0. The highest BCUT2D eigenvalue weighted by Gasteiger charge is 2.21. The first-order chi connectivity index (χ1) is 11.1. The third-order valence-electron chi connectivity index (χ3n) is 3.99. The summed E-state index contributed by atoms with van der Waals surface area (Å²) >= 11 is 0. The predicted molar refractivity (Wildman–Crippen MR) is 95.6 cm³/mol. The smallest absolute Gasteiger partial charge is 0.237 e. The highest BCUT2D eigenvalue weighted by molar-refractivity contribution is 5.89. The summed E-state index contributed by atoms with van der Waals surface area (Å²) in [4.78, 5) is 24.1. The van der Waals surface area contributed by atoms with E-state index in [2.05, 4.69) is 28.2 Å². The van der Waals surface area contributed by atoms with Gasteiger partial charge in [-0.15, -0.1) is 0 Å². The molecule has 0 heterocycles. The standard InChI is InChI=1S/C17H36N4O2/c1-5-20-13-9-7-11-16(19-4)17(23)21-15(14(2)22)10-6-8-12-18-3/h15-16,18-20H,5-13H2,1-4H3,(H,21,23). The van der Waals surface area contributed by atoms with Crippen LogP contribution in [0.25, 0.3) is 0 Å². The van der Waals surface area contributed by atoms with E-state index in [4.69, 9.17) is 0 Å². The summed E-state index contributed by atoms with van der Waals surface area (Å²) < 4.78 is 0. The van der Waals surface area contributed by atoms with Crippen LogP contribution in [-0.4, -0.2) is 57.5 Å². The van der Waals surface area contributed by atoms with Gasteiger partial charge in [0.15, 0.2) is 5.78 Å². The minimum atomic E-state index is -0.364. The van der Waals surface area contributed by atoms with Gasteiger partial charge in [0, 0.05) is 0 Å². The SMILES string of the molecule is CCNCCCCC(NC)C(=O)NC(CCCCNC)C(C)=O. The van der Waals surface area contributed by atoms with E-state index in [-0.39, 0.29) is 23.8 Å². The van der Waals surface area contributed by atoms with E-state index < -0.39 is 0 Å². The first kappa shape index (κ1) is 22.0. The largest absolute Gasteiger partial charge is 0.345 e. The van der Waals surface area contributed by atoms with Gasteiger partial charge >= 0.3 is 0 Å². The summed E-state index contributed by atoms with van der Waals surface area (Å²) in [5.41, 5.74) is 0. The second-order valence-corrected chi connectivity index (χ2v) is 5.96. The number of likely N-dealkylation sites (N-methyl/N-ethyl adjacent to an activating group) is 1. The summed E-state index contributed by atoms with van der Waals surface area (Å²) in [6.45, 7) is 6.53. The Balaban J connectivity index is 4.20. The lowest BCUT2D eigenvalue weighted by Gasteiger charge is -2.21. The minimum absolute atomic E-state index is 0.0322. The van der Waals surface area contributed by atoms with Crippen molar-refractivity contribution in [2.75, 3.05) is 33.7 Å². The summed E-state index contributed by atoms with van der Waals surface area (Å²) in [6.07, 6.45) is 5.48. The zero-order chi connectivity index (χ0) is 17.5. The van der Waals surface area contributed by atoms with Crippen molar-refractivity contribution in [3.8, 4) is 0 Å². The lowest BCUT2D eigenvalue weighted by molar-refractivity contribution is -0.128. The molecule has 2 atom stereocenters. The topological polar surface area (TPSA) is 82.3 Å². The number of hydrogen-bond acceptors (Lipinski definition) is 5. The number of carbonyl (C=O) groups excluding carboxylic acids is 2. The fourth-order valence-electron chi connectivity index (χ4n) is 2.48. The molecule has 0 bridgehead atoms. The summed E-state index contributed by atoms with van der Waals surface area (Å²) in [5.74, 6) is -0.0328. The molecule has 0 aromatic rings. The number of amides is 1. The number of hydrogen-bond donors (Lipinski definition) is 4. The van der Waals surface area contributed by atoms with Crippen LogP contribution in [0.15, 0.2) is 0 Å². The van der Waals surface area contributed by atoms with E-state index in [1.54, 1.807) is 14.0 Å². The zero-order valence-electron chi connectivity index (χ0n) is 15.3. The number of ketones is 1. The third kappa shape index (κ3) is 11.2. The van der Waals surface area contributed by atoms with Crippen LogP contribution in [0.1, 0.15) is 52.4 Å². The van der Waals surface area contributed by atoms with Gasteiger partial charge in [-0.3, -0.25) is 9.59 Å². The van der Waals surface area contributed by atoms with Crippen LogP contribution in [-0.2, 0) is 9.59 Å². The van der Waals surface area contributed by atoms with Gasteiger partial charge in [0.1, 0.15) is 0 Å². The Morgan fingerprint density at radius 2 is 1.52 bits per heavy atom. The first-order valence-corrected chi connectivity index (χ1v) is 8.90. The maximum Gasteiger partial charge on any atom is 0.237 e. The maximum absolute atomic E-state index is 12.3. The van der Waals surface area contributed by atoms with Gasteiger partial charge in [-0.25, -0.2) is 0 Å². The van der Waals surface area contributed by atoms with Gasteiger partial charge < -0.3 is 21.3 Å². The number of unbranched alkanes of at least 4 members (excludes halogenated alkanes) is 2. The fraction of sp³-hybridized carbons (Fsp3) is 0.882. The molecule has 4 N–H and O–H groups in total. The Morgan fingerprint density at radius 3 is 2.04 bits per heavy atom. The van der Waals surface area contributed by atoms with Gasteiger partial charge in [-0.05, 0) is 72.8 Å². The van der Waals surface area contributed by atoms with E-state index in [0.717, 1.165) is 51.7 Å². The molecule has 0 rings (SSSR count). The molecule has 2 unspecified atom stereocenters. The third-order valence-corrected chi connectivity index (χ3v) is 3.99. The van der Waals surface area contributed by atoms with E-state index in [1.165, 1.54) is 0 Å². The molecule has 6 nitrogen and oxygen atoms in total. The van der Waals surface area contributed by atoms with Crippen molar-refractivity contribution in [1.82, 2.24) is 21.3 Å². The molecule has 0 aromatic carbocycles. The molecule has 0 aliphatic rings. The van der Waals surface area contributed by atoms with Crippen LogP contribution < -0.4 is 21.3 Å². The van der Waals surface area contributed by atoms with E-state index in [1.807, 2.05) is 7.05 Å². The van der Waals surface area contributed by atoms with Crippen LogP contribution in [0.5, 0.6) is 0 Å². The quantitative estimate of drug-likeness (QED) is 0.335. The normalized spacial score (nSPS) is 13.6. The summed E-state index contributed by atoms with van der Waals surface area (Å²) in [5, 5.41) is 12.3. The lowest BCUT2D eigenvalue weighted by Crippen LogP contribution is -2.49. The molecule has 0 saturated carbocycles. The van der Waals surface area contributed by atoms with Crippen LogP contribution in [0.3, 0.4) is 0 Å². The fourth-order valence-corrected chi connectivity index (χ4v) is 2.48. The highest BCUT2D eigenvalue weighted by Crippen LogP contribution is 2.05. The molecular formula is C17H36N4O2. The molecule has 0 radical (unpaired) electrons. The second-order valence-electron chi connectivity index (χ2n) is 5.96. The monoisotopic (exact) mass is 328 g/mol. The molecule has 0 aliphatic carbocycles. The molecule has 136 valence electrons. The zero-order valence-corrected chi connectivity index (χ0v) is 15.3. The van der Waals surface area contributed by atoms with Crippen LogP contribution >= 0.6 is 0 Å². The van der Waals surface area contributed by atoms with Crippen molar-refractivity contribution in [3.63, 3.8) is 0 Å². The van der Waals surface area contributed by atoms with E-state index >= 15 is 0 Å². The first-order valence-electron chi connectivity index (χ1n) is 8.90. The van der Waals surface area contributed by atoms with Crippen molar-refractivity contribution in [1.29, 1.82) is 0 Å². The molecule has 23 heavy (non-hydrogen) atoms. The molecule has 0 spiro atoms. The maximum atomic E-state index is 12.3. The summed E-state index contributed by atoms with van der Waals surface area (Å²) in [6, 6.07) is -0.590. The average molecular weight is 329 g/mol. The van der Waals surface area contributed by atoms with Gasteiger partial charge in [-0.1, -0.05) is 13.3 Å². The van der Waals surface area contributed by atoms with Crippen molar-refractivity contribution >= 4 is 11.7 Å². The van der Waals surface area contributed by atoms with E-state index in [9.17, 15) is 9.59 Å². The molecular weight excluding hydrogens is 292 g/mol.